The molecule has 15 heteroatoms. The van der Waals surface area contributed by atoms with Gasteiger partial charge in [0.15, 0.2) is 0 Å². The van der Waals surface area contributed by atoms with Crippen LogP contribution in [-0.2, 0) is 37.1 Å². The van der Waals surface area contributed by atoms with Gasteiger partial charge < -0.3 is 34.8 Å². The van der Waals surface area contributed by atoms with Crippen molar-refractivity contribution in [2.75, 3.05) is 0 Å². The Morgan fingerprint density at radius 1 is 0.586 bits per heavy atom. The van der Waals surface area contributed by atoms with Crippen LogP contribution in [0, 0.1) is 0 Å². The number of rotatable bonds is 0. The quantitative estimate of drug-likeness (QED) is 0.344. The third kappa shape index (κ3) is 5.81. The molecule has 12 N–H and O–H groups in total. The third-order valence-electron chi connectivity index (χ3n) is 3.20. The molecular formula is C14H20CuN6O6S2. The van der Waals surface area contributed by atoms with Gasteiger partial charge in [-0.1, -0.05) is 36.4 Å². The maximum Gasteiger partial charge on any atom is 2.00 e. The van der Waals surface area contributed by atoms with Crippen molar-refractivity contribution in [3.8, 4) is 0 Å². The maximum absolute atomic E-state index is 11.1. The summed E-state index contributed by atoms with van der Waals surface area (Å²) in [7, 11) is -7.36. The summed E-state index contributed by atoms with van der Waals surface area (Å²) in [5.74, 6) is -1.35. The van der Waals surface area contributed by atoms with E-state index in [1.165, 1.54) is 24.3 Å². The average Bonchev–Trinajstić information content (AvgIpc) is 2.91. The van der Waals surface area contributed by atoms with E-state index in [2.05, 4.69) is 8.80 Å². The summed E-state index contributed by atoms with van der Waals surface area (Å²) in [4.78, 5) is 0.0185. The zero-order valence-corrected chi connectivity index (χ0v) is 17.5. The summed E-state index contributed by atoms with van der Waals surface area (Å²) < 4.78 is 50.3. The van der Waals surface area contributed by atoms with E-state index < -0.39 is 31.8 Å². The molecule has 0 fully saturated rings. The van der Waals surface area contributed by atoms with E-state index in [-0.39, 0.29) is 62.6 Å². The molecule has 12 nitrogen and oxygen atoms in total. The van der Waals surface area contributed by atoms with E-state index in [1.807, 2.05) is 0 Å². The van der Waals surface area contributed by atoms with Gasteiger partial charge in [0.05, 0.1) is 9.79 Å². The molecule has 4 rings (SSSR count). The number of hydrogen-bond donors (Lipinski definition) is 4. The number of nitrogens with zero attached hydrogens (tertiary/aromatic N) is 2. The Morgan fingerprint density at radius 2 is 0.862 bits per heavy atom. The van der Waals surface area contributed by atoms with Crippen molar-refractivity contribution in [2.24, 2.45) is 8.80 Å². The summed E-state index contributed by atoms with van der Waals surface area (Å²) >= 11 is 0. The molecule has 29 heavy (non-hydrogen) atoms. The first kappa shape index (κ1) is 31.3. The van der Waals surface area contributed by atoms with Crippen molar-refractivity contribution >= 4 is 31.8 Å². The van der Waals surface area contributed by atoms with E-state index in [1.54, 1.807) is 24.3 Å². The van der Waals surface area contributed by atoms with E-state index in [9.17, 15) is 27.0 Å². The van der Waals surface area contributed by atoms with Crippen LogP contribution < -0.4 is 34.8 Å². The first-order valence-electron chi connectivity index (χ1n) is 6.45. The zero-order chi connectivity index (χ0) is 17.5. The molecule has 0 aromatic heterocycles. The summed E-state index contributed by atoms with van der Waals surface area (Å²) in [6, 6.07) is 12.0. The predicted octanol–water partition coefficient (Wildman–Crippen LogP) is -0.363. The number of benzene rings is 2. The van der Waals surface area contributed by atoms with Gasteiger partial charge >= 0.3 is 17.1 Å². The van der Waals surface area contributed by atoms with Crippen LogP contribution in [-0.4, -0.2) is 28.6 Å². The Kier molecular flexibility index (Phi) is 11.9. The standard InChI is InChI=1S/2C7H5NO3S.Cu.4H3N/c2*9-7-5-3-1-2-4-6(5)12(10,11)8-7;;;;;/h2*1-4H,(H,8,9);;4*1H3/q;;+2;;;;/p-2. The van der Waals surface area contributed by atoms with Gasteiger partial charge in [-0.2, -0.15) is 25.6 Å². The van der Waals surface area contributed by atoms with Gasteiger partial charge in [0, 0.05) is 22.9 Å². The van der Waals surface area contributed by atoms with Crippen LogP contribution in [0.1, 0.15) is 11.1 Å². The largest absolute Gasteiger partial charge is 2.00 e. The first-order chi connectivity index (χ1) is 11.2. The van der Waals surface area contributed by atoms with Crippen LogP contribution >= 0.6 is 0 Å². The predicted molar refractivity (Wildman–Crippen MR) is 100 cm³/mol. The monoisotopic (exact) mass is 495 g/mol. The van der Waals surface area contributed by atoms with Crippen LogP contribution in [0.2, 0.25) is 0 Å². The van der Waals surface area contributed by atoms with E-state index in [0.717, 1.165) is 0 Å². The van der Waals surface area contributed by atoms with Crippen molar-refractivity contribution in [2.45, 2.75) is 9.79 Å². The van der Waals surface area contributed by atoms with Gasteiger partial charge in [-0.25, -0.2) is 0 Å². The van der Waals surface area contributed by atoms with Crippen molar-refractivity contribution in [3.05, 3.63) is 59.7 Å². The van der Waals surface area contributed by atoms with Gasteiger partial charge in [0.1, 0.15) is 0 Å². The van der Waals surface area contributed by atoms with E-state index in [0.29, 0.717) is 0 Å². The molecule has 0 spiro atoms. The molecule has 2 aromatic rings. The molecular weight excluding hydrogens is 476 g/mol. The van der Waals surface area contributed by atoms with Gasteiger partial charge in [-0.05, 0) is 12.1 Å². The Morgan fingerprint density at radius 3 is 1.14 bits per heavy atom. The number of sulfonamides is 2. The summed E-state index contributed by atoms with van der Waals surface area (Å²) in [5, 5.41) is 21.9. The maximum atomic E-state index is 11.1. The second kappa shape index (κ2) is 11.0. The van der Waals surface area contributed by atoms with Crippen LogP contribution in [0.15, 0.2) is 67.1 Å². The van der Waals surface area contributed by atoms with Gasteiger partial charge in [0.2, 0.25) is 0 Å². The van der Waals surface area contributed by atoms with E-state index >= 15 is 0 Å². The average molecular weight is 496 g/mol. The second-order valence-electron chi connectivity index (χ2n) is 4.74. The molecule has 0 atom stereocenters. The molecule has 0 saturated carbocycles. The smallest absolute Gasteiger partial charge is 0.858 e. The molecule has 0 aliphatic carbocycles. The number of fused-ring (bicyclic) bond motifs is 2. The molecule has 0 amide bonds. The van der Waals surface area contributed by atoms with Crippen LogP contribution in [0.4, 0.5) is 0 Å². The number of hydrogen-bond acceptors (Lipinski definition) is 10. The van der Waals surface area contributed by atoms with Gasteiger partial charge in [-0.15, -0.1) is 0 Å². The second-order valence-corrected chi connectivity index (χ2v) is 7.88. The van der Waals surface area contributed by atoms with Crippen molar-refractivity contribution in [1.82, 2.24) is 24.6 Å². The third-order valence-corrected chi connectivity index (χ3v) is 5.83. The topological polar surface area (TPSA) is 279 Å². The normalized spacial score (nSPS) is 15.3. The fourth-order valence-corrected chi connectivity index (χ4v) is 4.35. The van der Waals surface area contributed by atoms with Crippen LogP contribution in [0.3, 0.4) is 0 Å². The Labute approximate surface area is 178 Å². The molecule has 0 bridgehead atoms. The molecule has 2 aliphatic heterocycles. The molecule has 2 aliphatic rings. The van der Waals surface area contributed by atoms with Gasteiger partial charge in [0.25, 0.3) is 20.0 Å². The molecule has 2 aromatic carbocycles. The molecule has 0 saturated heterocycles. The fourth-order valence-electron chi connectivity index (χ4n) is 2.15. The minimum atomic E-state index is -3.68. The summed E-state index contributed by atoms with van der Waals surface area (Å²) in [5.41, 5.74) is 0.329. The summed E-state index contributed by atoms with van der Waals surface area (Å²) in [6.07, 6.45) is 0. The Balaban J connectivity index is -0.000000398. The Bertz CT molecular complexity index is 1030. The van der Waals surface area contributed by atoms with Crippen molar-refractivity contribution in [1.29, 1.82) is 0 Å². The fraction of sp³-hybridized carbons (Fsp3) is 0. The molecule has 165 valence electrons. The van der Waals surface area contributed by atoms with Gasteiger partial charge in [-0.3, -0.25) is 0 Å². The van der Waals surface area contributed by atoms with Crippen molar-refractivity contribution < 1.29 is 44.1 Å². The molecule has 0 unspecified atom stereocenters. The van der Waals surface area contributed by atoms with E-state index in [4.69, 9.17) is 0 Å². The zero-order valence-electron chi connectivity index (χ0n) is 14.9. The molecule has 1 radical (unpaired) electrons. The molecule has 2 heterocycles. The van der Waals surface area contributed by atoms with Crippen LogP contribution in [0.5, 0.6) is 0 Å². The Hall–Kier alpha value is -2.36. The SMILES string of the molecule is N.N.N.N.O=S1(=O)N=C([O-])c2ccccc21.O=S1(=O)N=C([O-])c2ccccc21.[Cu+2]. The minimum absolute atomic E-state index is 0. The van der Waals surface area contributed by atoms with Crippen LogP contribution in [0.25, 0.3) is 0 Å². The first-order valence-corrected chi connectivity index (χ1v) is 9.33. The summed E-state index contributed by atoms with van der Waals surface area (Å²) in [6.45, 7) is 0. The van der Waals surface area contributed by atoms with Crippen molar-refractivity contribution in [3.63, 3.8) is 0 Å². The minimum Gasteiger partial charge on any atom is -0.858 e.